The third kappa shape index (κ3) is 18.9. The predicted molar refractivity (Wildman–Crippen MR) is 66.2 cm³/mol. The lowest BCUT2D eigenvalue weighted by Crippen LogP contribution is -2.26. The van der Waals surface area contributed by atoms with Crippen LogP contribution in [0.25, 0.3) is 0 Å². The highest BCUT2D eigenvalue weighted by molar-refractivity contribution is 5.76. The summed E-state index contributed by atoms with van der Waals surface area (Å²) >= 11 is 0. The molecule has 0 saturated heterocycles. The van der Waals surface area contributed by atoms with Crippen molar-refractivity contribution < 1.29 is 4.79 Å². The topological polar surface area (TPSA) is 55.1 Å². The van der Waals surface area contributed by atoms with E-state index < -0.39 is 0 Å². The quantitative estimate of drug-likeness (QED) is 0.678. The molecule has 1 amide bonds. The van der Waals surface area contributed by atoms with E-state index in [0.29, 0.717) is 0 Å². The van der Waals surface area contributed by atoms with Gasteiger partial charge in [0.15, 0.2) is 0 Å². The summed E-state index contributed by atoms with van der Waals surface area (Å²) in [4.78, 5) is 10.0. The first-order chi connectivity index (χ1) is 6.93. The van der Waals surface area contributed by atoms with E-state index in [2.05, 4.69) is 25.1 Å². The van der Waals surface area contributed by atoms with E-state index in [9.17, 15) is 4.79 Å². The molecule has 15 heavy (non-hydrogen) atoms. The molecule has 3 N–H and O–H groups in total. The minimum absolute atomic E-state index is 0.176. The molecule has 0 bridgehead atoms. The largest absolute Gasteiger partial charge is 0.380 e. The Morgan fingerprint density at radius 1 is 1.40 bits per heavy atom. The molecule has 0 saturated carbocycles. The lowest BCUT2D eigenvalue weighted by atomic mass is 10.3. The van der Waals surface area contributed by atoms with Gasteiger partial charge in [-0.25, -0.2) is 0 Å². The van der Waals surface area contributed by atoms with Gasteiger partial charge in [-0.1, -0.05) is 43.5 Å². The molecule has 0 fully saturated rings. The van der Waals surface area contributed by atoms with Gasteiger partial charge >= 0.3 is 0 Å². The summed E-state index contributed by atoms with van der Waals surface area (Å²) in [7, 11) is 0. The van der Waals surface area contributed by atoms with Gasteiger partial charge < -0.3 is 11.1 Å². The second kappa shape index (κ2) is 10.3. The summed E-state index contributed by atoms with van der Waals surface area (Å²) in [5.74, 6) is -0.368. The number of hydrogen-bond acceptors (Lipinski definition) is 2. The van der Waals surface area contributed by atoms with E-state index in [-0.39, 0.29) is 12.5 Å². The molecule has 0 heterocycles. The molecule has 0 aliphatic carbocycles. The van der Waals surface area contributed by atoms with Gasteiger partial charge in [0.05, 0.1) is 6.54 Å². The number of amides is 1. The number of nitrogens with one attached hydrogen (secondary N) is 1. The van der Waals surface area contributed by atoms with Crippen LogP contribution in [0.2, 0.25) is 0 Å². The zero-order valence-corrected chi connectivity index (χ0v) is 9.55. The van der Waals surface area contributed by atoms with Crippen molar-refractivity contribution in [3.8, 4) is 0 Å². The van der Waals surface area contributed by atoms with Gasteiger partial charge in [-0.3, -0.25) is 4.79 Å². The SMILES string of the molecule is C=C(C)NCC(N)=O.C=C/C=C(/C)C=C. The summed E-state index contributed by atoms with van der Waals surface area (Å²) < 4.78 is 0. The van der Waals surface area contributed by atoms with Gasteiger partial charge in [0.25, 0.3) is 0 Å². The fourth-order valence-electron chi connectivity index (χ4n) is 0.492. The monoisotopic (exact) mass is 208 g/mol. The summed E-state index contributed by atoms with van der Waals surface area (Å²) in [5.41, 5.74) is 6.70. The van der Waals surface area contributed by atoms with Crippen LogP contribution in [-0.2, 0) is 4.79 Å². The maximum Gasteiger partial charge on any atom is 0.236 e. The van der Waals surface area contributed by atoms with Crippen LogP contribution < -0.4 is 11.1 Å². The average Bonchev–Trinajstić information content (AvgIpc) is 2.16. The fourth-order valence-corrected chi connectivity index (χ4v) is 0.492. The molecule has 3 nitrogen and oxygen atoms in total. The second-order valence-corrected chi connectivity index (χ2v) is 2.95. The van der Waals surface area contributed by atoms with E-state index in [1.807, 2.05) is 13.0 Å². The van der Waals surface area contributed by atoms with Gasteiger partial charge in [0.2, 0.25) is 5.91 Å². The fraction of sp³-hybridized carbons (Fsp3) is 0.250. The molecular formula is C12H20N2O. The highest BCUT2D eigenvalue weighted by Crippen LogP contribution is 1.90. The first kappa shape index (κ1) is 15.7. The van der Waals surface area contributed by atoms with Crippen molar-refractivity contribution in [1.29, 1.82) is 0 Å². The number of carbonyl (C=O) groups excluding carboxylic acids is 1. The molecule has 0 aliphatic heterocycles. The Hall–Kier alpha value is -1.77. The molecule has 0 rings (SSSR count). The lowest BCUT2D eigenvalue weighted by Gasteiger charge is -1.98. The van der Waals surface area contributed by atoms with Crippen molar-refractivity contribution in [1.82, 2.24) is 5.32 Å². The third-order valence-electron chi connectivity index (χ3n) is 1.27. The van der Waals surface area contributed by atoms with E-state index >= 15 is 0 Å². The smallest absolute Gasteiger partial charge is 0.236 e. The van der Waals surface area contributed by atoms with Crippen LogP contribution >= 0.6 is 0 Å². The Labute approximate surface area is 92.1 Å². The molecular weight excluding hydrogens is 188 g/mol. The molecule has 0 unspecified atom stereocenters. The summed E-state index contributed by atoms with van der Waals surface area (Å²) in [6.45, 7) is 14.5. The van der Waals surface area contributed by atoms with Gasteiger partial charge in [-0.2, -0.15) is 0 Å². The molecule has 3 heteroatoms. The van der Waals surface area contributed by atoms with Gasteiger partial charge in [0, 0.05) is 5.70 Å². The van der Waals surface area contributed by atoms with Crippen molar-refractivity contribution in [2.24, 2.45) is 5.73 Å². The second-order valence-electron chi connectivity index (χ2n) is 2.95. The number of carbonyl (C=O) groups is 1. The Morgan fingerprint density at radius 2 is 1.93 bits per heavy atom. The van der Waals surface area contributed by atoms with E-state index in [1.54, 1.807) is 19.1 Å². The van der Waals surface area contributed by atoms with Crippen LogP contribution in [0.15, 0.2) is 49.2 Å². The minimum atomic E-state index is -0.368. The standard InChI is InChI=1S/C7H10.C5H10N2O/c1-4-6-7(3)5-2;1-4(2)7-3-5(6)8/h4-6H,1-2H2,3H3;7H,1,3H2,2H3,(H2,6,8)/b7-6-;. The average molecular weight is 208 g/mol. The Kier molecular flexibility index (Phi) is 10.8. The van der Waals surface area contributed by atoms with Crippen LogP contribution in [0.4, 0.5) is 0 Å². The number of allylic oxidation sites excluding steroid dienone is 5. The predicted octanol–water partition coefficient (Wildman–Crippen LogP) is 1.90. The van der Waals surface area contributed by atoms with E-state index in [1.165, 1.54) is 0 Å². The Bertz CT molecular complexity index is 251. The zero-order valence-electron chi connectivity index (χ0n) is 9.55. The van der Waals surface area contributed by atoms with Crippen molar-refractivity contribution in [3.05, 3.63) is 49.2 Å². The summed E-state index contributed by atoms with van der Waals surface area (Å²) in [6.07, 6.45) is 5.45. The number of nitrogens with two attached hydrogens (primary N) is 1. The molecule has 0 aromatic heterocycles. The van der Waals surface area contributed by atoms with E-state index in [4.69, 9.17) is 5.73 Å². The van der Waals surface area contributed by atoms with Crippen LogP contribution in [0.1, 0.15) is 13.8 Å². The third-order valence-corrected chi connectivity index (χ3v) is 1.27. The van der Waals surface area contributed by atoms with Gasteiger partial charge in [0.1, 0.15) is 0 Å². The van der Waals surface area contributed by atoms with Crippen LogP contribution in [0, 0.1) is 0 Å². The molecule has 0 aliphatic rings. The zero-order chi connectivity index (χ0) is 12.3. The highest BCUT2D eigenvalue weighted by atomic mass is 16.1. The van der Waals surface area contributed by atoms with Crippen molar-refractivity contribution in [2.75, 3.05) is 6.54 Å². The highest BCUT2D eigenvalue weighted by Gasteiger charge is 1.88. The molecule has 0 aromatic carbocycles. The molecule has 0 atom stereocenters. The normalized spacial score (nSPS) is 9.33. The molecule has 0 radical (unpaired) electrons. The maximum absolute atomic E-state index is 10.0. The van der Waals surface area contributed by atoms with E-state index in [0.717, 1.165) is 11.3 Å². The molecule has 0 spiro atoms. The summed E-state index contributed by atoms with van der Waals surface area (Å²) in [6, 6.07) is 0. The summed E-state index contributed by atoms with van der Waals surface area (Å²) in [5, 5.41) is 2.68. The molecule has 84 valence electrons. The van der Waals surface area contributed by atoms with Gasteiger partial charge in [-0.15, -0.1) is 0 Å². The number of hydrogen-bond donors (Lipinski definition) is 2. The first-order valence-electron chi connectivity index (χ1n) is 4.53. The Morgan fingerprint density at radius 3 is 2.07 bits per heavy atom. The molecule has 0 aromatic rings. The van der Waals surface area contributed by atoms with Crippen molar-refractivity contribution in [3.63, 3.8) is 0 Å². The van der Waals surface area contributed by atoms with Crippen LogP contribution in [0.5, 0.6) is 0 Å². The van der Waals surface area contributed by atoms with Crippen molar-refractivity contribution >= 4 is 5.91 Å². The lowest BCUT2D eigenvalue weighted by molar-refractivity contribution is -0.117. The number of rotatable bonds is 5. The number of primary amides is 1. The van der Waals surface area contributed by atoms with Gasteiger partial charge in [-0.05, 0) is 13.8 Å². The first-order valence-corrected chi connectivity index (χ1v) is 4.53. The minimum Gasteiger partial charge on any atom is -0.380 e. The maximum atomic E-state index is 10.0. The van der Waals surface area contributed by atoms with Crippen molar-refractivity contribution in [2.45, 2.75) is 13.8 Å². The Balaban J connectivity index is 0. The van der Waals surface area contributed by atoms with Crippen LogP contribution in [0.3, 0.4) is 0 Å². The van der Waals surface area contributed by atoms with Crippen LogP contribution in [-0.4, -0.2) is 12.5 Å².